The second-order valence-corrected chi connectivity index (χ2v) is 3.87. The van der Waals surface area contributed by atoms with E-state index in [1.807, 2.05) is 6.07 Å². The van der Waals surface area contributed by atoms with Crippen LogP contribution in [0.25, 0.3) is 0 Å². The van der Waals surface area contributed by atoms with Crippen molar-refractivity contribution in [2.75, 3.05) is 0 Å². The molecule has 0 radical (unpaired) electrons. The normalized spacial score (nSPS) is 9.75. The second kappa shape index (κ2) is 4.73. The van der Waals surface area contributed by atoms with E-state index in [0.717, 1.165) is 0 Å². The fourth-order valence-electron chi connectivity index (χ4n) is 1.13. The Labute approximate surface area is 96.0 Å². The molecule has 1 heterocycles. The maximum Gasteiger partial charge on any atom is 0.192 e. The van der Waals surface area contributed by atoms with Crippen LogP contribution >= 0.6 is 11.8 Å². The van der Waals surface area contributed by atoms with Crippen molar-refractivity contribution in [3.8, 4) is 6.07 Å². The predicted molar refractivity (Wildman–Crippen MR) is 57.3 cm³/mol. The Morgan fingerprint density at radius 1 is 1.19 bits per heavy atom. The van der Waals surface area contributed by atoms with E-state index in [1.165, 1.54) is 17.8 Å². The molecule has 0 spiro atoms. The summed E-state index contributed by atoms with van der Waals surface area (Å²) in [6, 6.07) is 8.01. The Balaban J connectivity index is 2.36. The van der Waals surface area contributed by atoms with Gasteiger partial charge in [0, 0.05) is 17.3 Å². The van der Waals surface area contributed by atoms with Gasteiger partial charge in [-0.1, -0.05) is 6.07 Å². The maximum absolute atomic E-state index is 13.3. The molecule has 2 aromatic rings. The predicted octanol–water partition coefficient (Wildman–Crippen LogP) is 2.64. The van der Waals surface area contributed by atoms with Crippen molar-refractivity contribution >= 4 is 11.8 Å². The summed E-state index contributed by atoms with van der Waals surface area (Å²) in [5.74, 6) is -0.525. The summed E-state index contributed by atoms with van der Waals surface area (Å²) >= 11 is 1.17. The van der Waals surface area contributed by atoms with Gasteiger partial charge in [-0.15, -0.1) is 0 Å². The molecule has 0 unspecified atom stereocenters. The average Bonchev–Trinajstić information content (AvgIpc) is 2.31. The van der Waals surface area contributed by atoms with Gasteiger partial charge in [0.25, 0.3) is 0 Å². The van der Waals surface area contributed by atoms with Crippen molar-refractivity contribution in [2.24, 2.45) is 0 Å². The third-order valence-electron chi connectivity index (χ3n) is 1.83. The highest BCUT2D eigenvalue weighted by atomic mass is 32.2. The monoisotopic (exact) mass is 231 g/mol. The molecule has 0 atom stereocenters. The van der Waals surface area contributed by atoms with Gasteiger partial charge in [-0.2, -0.15) is 5.26 Å². The van der Waals surface area contributed by atoms with Gasteiger partial charge < -0.3 is 0 Å². The molecule has 16 heavy (non-hydrogen) atoms. The van der Waals surface area contributed by atoms with Gasteiger partial charge in [-0.05, 0) is 30.0 Å². The Kier molecular flexibility index (Phi) is 3.13. The quantitative estimate of drug-likeness (QED) is 0.745. The van der Waals surface area contributed by atoms with Crippen LogP contribution in [0.5, 0.6) is 0 Å². The number of benzene rings is 1. The number of aromatic nitrogens is 2. The number of nitriles is 1. The van der Waals surface area contributed by atoms with E-state index in [-0.39, 0.29) is 5.56 Å². The summed E-state index contributed by atoms with van der Waals surface area (Å²) in [6.45, 7) is 0. The molecule has 5 heteroatoms. The van der Waals surface area contributed by atoms with E-state index in [0.29, 0.717) is 10.1 Å². The molecular formula is C11H6FN3S. The van der Waals surface area contributed by atoms with Crippen LogP contribution < -0.4 is 0 Å². The first-order valence-corrected chi connectivity index (χ1v) is 5.26. The zero-order chi connectivity index (χ0) is 11.4. The van der Waals surface area contributed by atoms with Crippen LogP contribution in [-0.4, -0.2) is 9.97 Å². The zero-order valence-corrected chi connectivity index (χ0v) is 8.91. The molecule has 0 amide bonds. The van der Waals surface area contributed by atoms with Crippen LogP contribution in [0, 0.1) is 17.1 Å². The third-order valence-corrected chi connectivity index (χ3v) is 2.78. The first kappa shape index (κ1) is 10.6. The van der Waals surface area contributed by atoms with Gasteiger partial charge in [0.15, 0.2) is 5.16 Å². The minimum atomic E-state index is -0.525. The Morgan fingerprint density at radius 3 is 2.62 bits per heavy atom. The molecule has 1 aromatic heterocycles. The van der Waals surface area contributed by atoms with Crippen LogP contribution in [-0.2, 0) is 0 Å². The molecule has 0 bridgehead atoms. The first-order chi connectivity index (χ1) is 7.81. The van der Waals surface area contributed by atoms with Crippen molar-refractivity contribution in [1.29, 1.82) is 5.26 Å². The summed E-state index contributed by atoms with van der Waals surface area (Å²) in [4.78, 5) is 8.52. The number of hydrogen-bond acceptors (Lipinski definition) is 4. The molecule has 0 aliphatic rings. The number of hydrogen-bond donors (Lipinski definition) is 0. The van der Waals surface area contributed by atoms with Crippen LogP contribution in [0.15, 0.2) is 46.7 Å². The van der Waals surface area contributed by atoms with Crippen molar-refractivity contribution in [2.45, 2.75) is 10.1 Å². The van der Waals surface area contributed by atoms with Gasteiger partial charge in [0.05, 0.1) is 0 Å². The fourth-order valence-corrected chi connectivity index (χ4v) is 1.95. The number of nitrogens with zero attached hydrogens (tertiary/aromatic N) is 3. The SMILES string of the molecule is N#Cc1c(F)cccc1Sc1ncccn1. The molecule has 0 aliphatic carbocycles. The van der Waals surface area contributed by atoms with E-state index in [1.54, 1.807) is 30.6 Å². The van der Waals surface area contributed by atoms with Gasteiger partial charge in [0.1, 0.15) is 17.4 Å². The average molecular weight is 231 g/mol. The smallest absolute Gasteiger partial charge is 0.192 e. The second-order valence-electron chi connectivity index (χ2n) is 2.86. The van der Waals surface area contributed by atoms with Gasteiger partial charge in [-0.25, -0.2) is 14.4 Å². The molecule has 0 saturated heterocycles. The summed E-state index contributed by atoms with van der Waals surface area (Å²) < 4.78 is 13.3. The third kappa shape index (κ3) is 2.18. The summed E-state index contributed by atoms with van der Waals surface area (Å²) in [7, 11) is 0. The molecule has 1 aromatic carbocycles. The Hall–Kier alpha value is -1.93. The van der Waals surface area contributed by atoms with Crippen molar-refractivity contribution in [1.82, 2.24) is 9.97 Å². The summed E-state index contributed by atoms with van der Waals surface area (Å²) in [5, 5.41) is 9.32. The minimum Gasteiger partial charge on any atom is -0.231 e. The van der Waals surface area contributed by atoms with Crippen molar-refractivity contribution in [3.63, 3.8) is 0 Å². The molecular weight excluding hydrogens is 225 g/mol. The lowest BCUT2D eigenvalue weighted by Crippen LogP contribution is -1.89. The molecule has 0 N–H and O–H groups in total. The van der Waals surface area contributed by atoms with Crippen LogP contribution in [0.3, 0.4) is 0 Å². The molecule has 3 nitrogen and oxygen atoms in total. The van der Waals surface area contributed by atoms with Gasteiger partial charge in [0.2, 0.25) is 0 Å². The zero-order valence-electron chi connectivity index (χ0n) is 8.09. The highest BCUT2D eigenvalue weighted by Crippen LogP contribution is 2.28. The van der Waals surface area contributed by atoms with Crippen LogP contribution in [0.4, 0.5) is 4.39 Å². The molecule has 2 rings (SSSR count). The van der Waals surface area contributed by atoms with Gasteiger partial charge in [-0.3, -0.25) is 0 Å². The number of halogens is 1. The molecule has 0 saturated carbocycles. The van der Waals surface area contributed by atoms with Crippen LogP contribution in [0.1, 0.15) is 5.56 Å². The molecule has 78 valence electrons. The van der Waals surface area contributed by atoms with E-state index in [9.17, 15) is 4.39 Å². The van der Waals surface area contributed by atoms with E-state index in [4.69, 9.17) is 5.26 Å². The Morgan fingerprint density at radius 2 is 1.94 bits per heavy atom. The summed E-state index contributed by atoms with van der Waals surface area (Å²) in [5.41, 5.74) is 0.0277. The standard InChI is InChI=1S/C11H6FN3S/c12-9-3-1-4-10(8(9)7-13)16-11-14-5-2-6-15-11/h1-6H. The lowest BCUT2D eigenvalue weighted by atomic mass is 10.2. The minimum absolute atomic E-state index is 0.0277. The molecule has 0 aliphatic heterocycles. The fraction of sp³-hybridized carbons (Fsp3) is 0. The highest BCUT2D eigenvalue weighted by molar-refractivity contribution is 7.99. The van der Waals surface area contributed by atoms with E-state index >= 15 is 0 Å². The lowest BCUT2D eigenvalue weighted by Gasteiger charge is -2.02. The highest BCUT2D eigenvalue weighted by Gasteiger charge is 2.09. The number of rotatable bonds is 2. The first-order valence-electron chi connectivity index (χ1n) is 4.45. The van der Waals surface area contributed by atoms with Crippen molar-refractivity contribution < 1.29 is 4.39 Å². The Bertz CT molecular complexity index is 537. The van der Waals surface area contributed by atoms with Crippen LogP contribution in [0.2, 0.25) is 0 Å². The topological polar surface area (TPSA) is 49.6 Å². The summed E-state index contributed by atoms with van der Waals surface area (Å²) in [6.07, 6.45) is 3.20. The van der Waals surface area contributed by atoms with E-state index < -0.39 is 5.82 Å². The largest absolute Gasteiger partial charge is 0.231 e. The maximum atomic E-state index is 13.3. The molecule has 0 fully saturated rings. The lowest BCUT2D eigenvalue weighted by molar-refractivity contribution is 0.620. The van der Waals surface area contributed by atoms with Gasteiger partial charge >= 0.3 is 0 Å². The van der Waals surface area contributed by atoms with Crippen molar-refractivity contribution in [3.05, 3.63) is 48.0 Å². The van der Waals surface area contributed by atoms with E-state index in [2.05, 4.69) is 9.97 Å².